The Labute approximate surface area is 340 Å². The third-order valence-corrected chi connectivity index (χ3v) is 12.6. The molecule has 0 aromatic heterocycles. The maximum atomic E-state index is 2.41. The van der Waals surface area contributed by atoms with Crippen molar-refractivity contribution in [2.24, 2.45) is 0 Å². The molecule has 0 saturated carbocycles. The molecule has 0 aliphatic rings. The van der Waals surface area contributed by atoms with Gasteiger partial charge in [0, 0.05) is 33.8 Å². The molecule has 0 fully saturated rings. The van der Waals surface area contributed by atoms with Crippen molar-refractivity contribution in [3.05, 3.63) is 193 Å². The first kappa shape index (κ1) is 37.8. The standard InChI is InChI=1S/C55H54N2/c1-6-40(7-2)45-23-22-43-28-35-52(39-46(43)38-45)56(48-18-11-10-12-19-48)49-31-24-41(25-32-49)42-26-33-50(34-27-42)57(54-21-15-17-44-16-13-14-20-53(44)54)51-36-29-47(30-37-51)55(5,8-3)9-4/h10-40H,6-9H2,1-5H3. The molecule has 0 heterocycles. The predicted octanol–water partition coefficient (Wildman–Crippen LogP) is 16.6. The highest BCUT2D eigenvalue weighted by molar-refractivity contribution is 5.99. The summed E-state index contributed by atoms with van der Waals surface area (Å²) in [5.74, 6) is 0.584. The molecule has 0 spiro atoms. The Kier molecular flexibility index (Phi) is 11.0. The van der Waals surface area contributed by atoms with Crippen LogP contribution in [0.3, 0.4) is 0 Å². The third kappa shape index (κ3) is 7.57. The molecule has 0 aliphatic heterocycles. The van der Waals surface area contributed by atoms with E-state index in [4.69, 9.17) is 0 Å². The van der Waals surface area contributed by atoms with E-state index in [2.05, 4.69) is 226 Å². The van der Waals surface area contributed by atoms with Crippen LogP contribution in [0.25, 0.3) is 32.7 Å². The van der Waals surface area contributed by atoms with Crippen molar-refractivity contribution >= 4 is 55.7 Å². The van der Waals surface area contributed by atoms with E-state index in [0.29, 0.717) is 5.92 Å². The van der Waals surface area contributed by atoms with E-state index < -0.39 is 0 Å². The number of anilines is 6. The Hall–Kier alpha value is -6.12. The fourth-order valence-electron chi connectivity index (χ4n) is 8.54. The van der Waals surface area contributed by atoms with E-state index >= 15 is 0 Å². The molecule has 0 radical (unpaired) electrons. The second kappa shape index (κ2) is 16.5. The Balaban J connectivity index is 1.14. The molecule has 0 amide bonds. The van der Waals surface area contributed by atoms with Crippen LogP contribution < -0.4 is 9.80 Å². The maximum Gasteiger partial charge on any atom is 0.0540 e. The molecule has 8 aromatic carbocycles. The van der Waals surface area contributed by atoms with Gasteiger partial charge in [-0.3, -0.25) is 0 Å². The van der Waals surface area contributed by atoms with E-state index in [-0.39, 0.29) is 5.41 Å². The van der Waals surface area contributed by atoms with Crippen LogP contribution in [0.1, 0.15) is 77.3 Å². The van der Waals surface area contributed by atoms with Gasteiger partial charge in [0.2, 0.25) is 0 Å². The highest BCUT2D eigenvalue weighted by Gasteiger charge is 2.23. The van der Waals surface area contributed by atoms with Gasteiger partial charge >= 0.3 is 0 Å². The van der Waals surface area contributed by atoms with Crippen LogP contribution >= 0.6 is 0 Å². The summed E-state index contributed by atoms with van der Waals surface area (Å²) in [6.07, 6.45) is 4.54. The second-order valence-corrected chi connectivity index (χ2v) is 15.7. The zero-order chi connectivity index (χ0) is 39.4. The average Bonchev–Trinajstić information content (AvgIpc) is 3.28. The van der Waals surface area contributed by atoms with Crippen molar-refractivity contribution in [1.82, 2.24) is 0 Å². The summed E-state index contributed by atoms with van der Waals surface area (Å²) >= 11 is 0. The van der Waals surface area contributed by atoms with Crippen molar-refractivity contribution < 1.29 is 0 Å². The lowest BCUT2D eigenvalue weighted by Gasteiger charge is -2.30. The van der Waals surface area contributed by atoms with Crippen molar-refractivity contribution in [2.45, 2.75) is 71.6 Å². The van der Waals surface area contributed by atoms with Crippen LogP contribution in [0.4, 0.5) is 34.1 Å². The van der Waals surface area contributed by atoms with Crippen LogP contribution in [0, 0.1) is 0 Å². The molecule has 0 bridgehead atoms. The second-order valence-electron chi connectivity index (χ2n) is 15.7. The van der Waals surface area contributed by atoms with Gasteiger partial charge in [-0.2, -0.15) is 0 Å². The lowest BCUT2D eigenvalue weighted by Crippen LogP contribution is -2.19. The molecule has 0 atom stereocenters. The maximum absolute atomic E-state index is 2.41. The molecule has 8 rings (SSSR count). The molecule has 284 valence electrons. The quantitative estimate of drug-likeness (QED) is 0.116. The third-order valence-electron chi connectivity index (χ3n) is 12.6. The highest BCUT2D eigenvalue weighted by Crippen LogP contribution is 2.42. The van der Waals surface area contributed by atoms with Gasteiger partial charge in [-0.1, -0.05) is 150 Å². The van der Waals surface area contributed by atoms with Crippen LogP contribution in [-0.2, 0) is 5.41 Å². The SMILES string of the molecule is CCC(CC)c1ccc2ccc(N(c3ccccc3)c3ccc(-c4ccc(N(c5ccc(C(C)(CC)CC)cc5)c5cccc6ccccc56)cc4)cc3)cc2c1. The summed E-state index contributed by atoms with van der Waals surface area (Å²) in [4.78, 5) is 4.77. The van der Waals surface area contributed by atoms with Crippen LogP contribution in [-0.4, -0.2) is 0 Å². The molecule has 0 unspecified atom stereocenters. The van der Waals surface area contributed by atoms with Crippen LogP contribution in [0.15, 0.2) is 182 Å². The van der Waals surface area contributed by atoms with Crippen molar-refractivity contribution in [3.63, 3.8) is 0 Å². The molecule has 0 aliphatic carbocycles. The van der Waals surface area contributed by atoms with Crippen LogP contribution in [0.5, 0.6) is 0 Å². The molecule has 57 heavy (non-hydrogen) atoms. The van der Waals surface area contributed by atoms with Gasteiger partial charge in [-0.15, -0.1) is 0 Å². The number of fused-ring (bicyclic) bond motifs is 2. The molecular weight excluding hydrogens is 689 g/mol. The van der Waals surface area contributed by atoms with Gasteiger partial charge in [0.15, 0.2) is 0 Å². The lowest BCUT2D eigenvalue weighted by atomic mass is 9.78. The first-order valence-corrected chi connectivity index (χ1v) is 20.9. The zero-order valence-corrected chi connectivity index (χ0v) is 34.1. The molecule has 0 N–H and O–H groups in total. The predicted molar refractivity (Wildman–Crippen MR) is 248 cm³/mol. The first-order valence-electron chi connectivity index (χ1n) is 20.9. The smallest absolute Gasteiger partial charge is 0.0540 e. The zero-order valence-electron chi connectivity index (χ0n) is 34.1. The summed E-state index contributed by atoms with van der Waals surface area (Å²) in [5, 5.41) is 5.02. The molecule has 2 nitrogen and oxygen atoms in total. The number of benzene rings is 8. The van der Waals surface area contributed by atoms with Crippen molar-refractivity contribution in [1.29, 1.82) is 0 Å². The fraction of sp³-hybridized carbons (Fsp3) is 0.200. The first-order chi connectivity index (χ1) is 27.9. The van der Waals surface area contributed by atoms with E-state index in [1.165, 1.54) is 49.5 Å². The number of hydrogen-bond acceptors (Lipinski definition) is 2. The molecule has 2 heteroatoms. The summed E-state index contributed by atoms with van der Waals surface area (Å²) in [6, 6.07) is 67.2. The van der Waals surface area contributed by atoms with Crippen molar-refractivity contribution in [3.8, 4) is 11.1 Å². The number of hydrogen-bond donors (Lipinski definition) is 0. The minimum atomic E-state index is 0.171. The number of rotatable bonds is 13. The molecular formula is C55H54N2. The molecule has 0 saturated heterocycles. The lowest BCUT2D eigenvalue weighted by molar-refractivity contribution is 0.439. The van der Waals surface area contributed by atoms with Gasteiger partial charge in [-0.05, 0) is 142 Å². The minimum absolute atomic E-state index is 0.171. The van der Waals surface area contributed by atoms with Crippen LogP contribution in [0.2, 0.25) is 0 Å². The average molecular weight is 743 g/mol. The number of para-hydroxylation sites is 1. The summed E-state index contributed by atoms with van der Waals surface area (Å²) < 4.78 is 0. The highest BCUT2D eigenvalue weighted by atomic mass is 15.1. The Morgan fingerprint density at radius 2 is 0.947 bits per heavy atom. The topological polar surface area (TPSA) is 6.48 Å². The van der Waals surface area contributed by atoms with Gasteiger partial charge in [0.1, 0.15) is 0 Å². The van der Waals surface area contributed by atoms with Gasteiger partial charge in [0.25, 0.3) is 0 Å². The Morgan fingerprint density at radius 1 is 0.421 bits per heavy atom. The van der Waals surface area contributed by atoms with Crippen molar-refractivity contribution in [2.75, 3.05) is 9.80 Å². The van der Waals surface area contributed by atoms with E-state index in [0.717, 1.165) is 54.1 Å². The normalized spacial score (nSPS) is 11.7. The Bertz CT molecular complexity index is 2560. The monoisotopic (exact) mass is 742 g/mol. The molecule has 8 aromatic rings. The summed E-state index contributed by atoms with van der Waals surface area (Å²) in [6.45, 7) is 11.5. The van der Waals surface area contributed by atoms with Gasteiger partial charge in [0.05, 0.1) is 5.69 Å². The summed E-state index contributed by atoms with van der Waals surface area (Å²) in [7, 11) is 0. The number of nitrogens with zero attached hydrogens (tertiary/aromatic N) is 2. The van der Waals surface area contributed by atoms with E-state index in [1.807, 2.05) is 0 Å². The van der Waals surface area contributed by atoms with E-state index in [9.17, 15) is 0 Å². The Morgan fingerprint density at radius 3 is 1.58 bits per heavy atom. The minimum Gasteiger partial charge on any atom is -0.310 e. The van der Waals surface area contributed by atoms with Gasteiger partial charge < -0.3 is 9.80 Å². The van der Waals surface area contributed by atoms with E-state index in [1.54, 1.807) is 0 Å². The largest absolute Gasteiger partial charge is 0.310 e. The summed E-state index contributed by atoms with van der Waals surface area (Å²) in [5.41, 5.74) is 12.3. The fourth-order valence-corrected chi connectivity index (χ4v) is 8.54. The van der Waals surface area contributed by atoms with Gasteiger partial charge in [-0.25, -0.2) is 0 Å².